The predicted molar refractivity (Wildman–Crippen MR) is 73.5 cm³/mol. The molecule has 2 aromatic carbocycles. The molecular weight excluding hydrogens is 240 g/mol. The molecule has 0 bridgehead atoms. The van der Waals surface area contributed by atoms with E-state index in [0.717, 1.165) is 0 Å². The van der Waals surface area contributed by atoms with E-state index in [4.69, 9.17) is 0 Å². The Bertz CT molecular complexity index is 541. The van der Waals surface area contributed by atoms with E-state index in [0.29, 0.717) is 30.4 Å². The summed E-state index contributed by atoms with van der Waals surface area (Å²) < 4.78 is 0. The Morgan fingerprint density at radius 2 is 1.53 bits per heavy atom. The van der Waals surface area contributed by atoms with E-state index in [9.17, 15) is 15.0 Å². The van der Waals surface area contributed by atoms with Crippen LogP contribution in [0.25, 0.3) is 0 Å². The molecule has 0 aliphatic rings. The van der Waals surface area contributed by atoms with Gasteiger partial charge in [-0.3, -0.25) is 4.79 Å². The molecule has 19 heavy (non-hydrogen) atoms. The Hall–Kier alpha value is -2.29. The maximum absolute atomic E-state index is 11.9. The summed E-state index contributed by atoms with van der Waals surface area (Å²) in [6.07, 6.45) is 1.48. The van der Waals surface area contributed by atoms with Crippen LogP contribution in [-0.4, -0.2) is 16.0 Å². The second-order valence-electron chi connectivity index (χ2n) is 4.42. The molecular formula is C16H16O3. The van der Waals surface area contributed by atoms with Gasteiger partial charge in [0.2, 0.25) is 0 Å². The van der Waals surface area contributed by atoms with Crippen molar-refractivity contribution >= 4 is 5.78 Å². The maximum atomic E-state index is 11.9. The van der Waals surface area contributed by atoms with Crippen LogP contribution in [0, 0.1) is 0 Å². The molecule has 0 atom stereocenters. The molecule has 3 nitrogen and oxygen atoms in total. The molecule has 0 aliphatic carbocycles. The fraction of sp³-hybridized carbons (Fsp3) is 0.188. The molecule has 0 saturated carbocycles. The highest BCUT2D eigenvalue weighted by molar-refractivity contribution is 5.95. The first-order valence-electron chi connectivity index (χ1n) is 6.26. The van der Waals surface area contributed by atoms with Crippen LogP contribution in [0.2, 0.25) is 0 Å². The number of hydrogen-bond donors (Lipinski definition) is 2. The van der Waals surface area contributed by atoms with E-state index >= 15 is 0 Å². The highest BCUT2D eigenvalue weighted by atomic mass is 16.3. The molecule has 0 unspecified atom stereocenters. The second kappa shape index (κ2) is 6.05. The van der Waals surface area contributed by atoms with Crippen LogP contribution in [-0.2, 0) is 6.42 Å². The van der Waals surface area contributed by atoms with Crippen LogP contribution in [0.1, 0.15) is 28.8 Å². The zero-order valence-corrected chi connectivity index (χ0v) is 10.5. The molecule has 0 aliphatic heterocycles. The third kappa shape index (κ3) is 3.35. The van der Waals surface area contributed by atoms with Gasteiger partial charge in [-0.15, -0.1) is 0 Å². The third-order valence-corrected chi connectivity index (χ3v) is 3.05. The van der Waals surface area contributed by atoms with Gasteiger partial charge in [0.05, 0.1) is 0 Å². The summed E-state index contributed by atoms with van der Waals surface area (Å²) in [6.45, 7) is 0. The number of carbonyl (C=O) groups is 1. The van der Waals surface area contributed by atoms with Crippen molar-refractivity contribution in [2.24, 2.45) is 0 Å². The summed E-state index contributed by atoms with van der Waals surface area (Å²) >= 11 is 0. The van der Waals surface area contributed by atoms with Crippen LogP contribution in [0.15, 0.2) is 48.5 Å². The molecule has 0 heterocycles. The number of aromatic hydroxyl groups is 2. The van der Waals surface area contributed by atoms with Gasteiger partial charge in [0, 0.05) is 17.5 Å². The van der Waals surface area contributed by atoms with Gasteiger partial charge in [0.15, 0.2) is 5.78 Å². The number of phenolic OH excluding ortho intramolecular Hbond substituents is 2. The summed E-state index contributed by atoms with van der Waals surface area (Å²) in [4.78, 5) is 11.9. The SMILES string of the molecule is O=C(CCCc1c(O)cccc1O)c1ccccc1. The number of rotatable bonds is 5. The van der Waals surface area contributed by atoms with Gasteiger partial charge in [-0.2, -0.15) is 0 Å². The van der Waals surface area contributed by atoms with E-state index in [2.05, 4.69) is 0 Å². The number of hydrogen-bond acceptors (Lipinski definition) is 3. The molecule has 0 radical (unpaired) electrons. The fourth-order valence-corrected chi connectivity index (χ4v) is 2.01. The number of carbonyl (C=O) groups excluding carboxylic acids is 1. The molecule has 2 N–H and O–H groups in total. The van der Waals surface area contributed by atoms with Crippen molar-refractivity contribution in [1.29, 1.82) is 0 Å². The first kappa shape index (κ1) is 13.1. The maximum Gasteiger partial charge on any atom is 0.162 e. The van der Waals surface area contributed by atoms with Gasteiger partial charge in [0.25, 0.3) is 0 Å². The molecule has 0 fully saturated rings. The van der Waals surface area contributed by atoms with Gasteiger partial charge < -0.3 is 10.2 Å². The van der Waals surface area contributed by atoms with Crippen LogP contribution in [0.5, 0.6) is 11.5 Å². The predicted octanol–water partition coefficient (Wildman–Crippen LogP) is 3.30. The molecule has 98 valence electrons. The average Bonchev–Trinajstić information content (AvgIpc) is 2.43. The number of benzene rings is 2. The summed E-state index contributed by atoms with van der Waals surface area (Å²) in [5, 5.41) is 19.3. The molecule has 2 aromatic rings. The molecule has 0 saturated heterocycles. The smallest absolute Gasteiger partial charge is 0.162 e. The summed E-state index contributed by atoms with van der Waals surface area (Å²) in [5.74, 6) is 0.231. The molecule has 0 amide bonds. The second-order valence-corrected chi connectivity index (χ2v) is 4.42. The molecule has 3 heteroatoms. The van der Waals surface area contributed by atoms with Crippen LogP contribution in [0.3, 0.4) is 0 Å². The zero-order valence-electron chi connectivity index (χ0n) is 10.5. The van der Waals surface area contributed by atoms with Crippen LogP contribution in [0.4, 0.5) is 0 Å². The van der Waals surface area contributed by atoms with E-state index in [1.165, 1.54) is 12.1 Å². The lowest BCUT2D eigenvalue weighted by Gasteiger charge is -2.06. The first-order valence-corrected chi connectivity index (χ1v) is 6.26. The van der Waals surface area contributed by atoms with Crippen molar-refractivity contribution in [1.82, 2.24) is 0 Å². The number of phenols is 2. The summed E-state index contributed by atoms with van der Waals surface area (Å²) in [7, 11) is 0. The highest BCUT2D eigenvalue weighted by Crippen LogP contribution is 2.27. The monoisotopic (exact) mass is 256 g/mol. The Labute approximate surface area is 112 Å². The average molecular weight is 256 g/mol. The van der Waals surface area contributed by atoms with E-state index in [-0.39, 0.29) is 17.3 Å². The van der Waals surface area contributed by atoms with Crippen molar-refractivity contribution in [3.8, 4) is 11.5 Å². The lowest BCUT2D eigenvalue weighted by molar-refractivity contribution is 0.0980. The van der Waals surface area contributed by atoms with Crippen LogP contribution >= 0.6 is 0 Å². The van der Waals surface area contributed by atoms with Gasteiger partial charge in [-0.05, 0) is 25.0 Å². The summed E-state index contributed by atoms with van der Waals surface area (Å²) in [5.41, 5.74) is 1.20. The van der Waals surface area contributed by atoms with Gasteiger partial charge in [0.1, 0.15) is 11.5 Å². The van der Waals surface area contributed by atoms with Crippen molar-refractivity contribution in [3.63, 3.8) is 0 Å². The minimum atomic E-state index is 0.0761. The number of Topliss-reactive ketones (excluding diaryl/α,β-unsaturated/α-hetero) is 1. The largest absolute Gasteiger partial charge is 0.508 e. The van der Waals surface area contributed by atoms with Crippen molar-refractivity contribution in [2.75, 3.05) is 0 Å². The van der Waals surface area contributed by atoms with Gasteiger partial charge in [-0.1, -0.05) is 36.4 Å². The fourth-order valence-electron chi connectivity index (χ4n) is 2.01. The van der Waals surface area contributed by atoms with E-state index in [1.807, 2.05) is 18.2 Å². The quantitative estimate of drug-likeness (QED) is 0.807. The Balaban J connectivity index is 1.92. The lowest BCUT2D eigenvalue weighted by Crippen LogP contribution is -1.99. The van der Waals surface area contributed by atoms with Gasteiger partial charge in [-0.25, -0.2) is 0 Å². The molecule has 2 rings (SSSR count). The van der Waals surface area contributed by atoms with Crippen molar-refractivity contribution < 1.29 is 15.0 Å². The zero-order chi connectivity index (χ0) is 13.7. The van der Waals surface area contributed by atoms with E-state index in [1.54, 1.807) is 18.2 Å². The topological polar surface area (TPSA) is 57.5 Å². The Kier molecular flexibility index (Phi) is 4.18. The van der Waals surface area contributed by atoms with Crippen LogP contribution < -0.4 is 0 Å². The lowest BCUT2D eigenvalue weighted by atomic mass is 10.0. The van der Waals surface area contributed by atoms with Gasteiger partial charge >= 0.3 is 0 Å². The van der Waals surface area contributed by atoms with E-state index < -0.39 is 0 Å². The Morgan fingerprint density at radius 3 is 2.16 bits per heavy atom. The molecule has 0 spiro atoms. The third-order valence-electron chi connectivity index (χ3n) is 3.05. The minimum absolute atomic E-state index is 0.0761. The first-order chi connectivity index (χ1) is 9.18. The number of ketones is 1. The van der Waals surface area contributed by atoms with Crippen molar-refractivity contribution in [2.45, 2.75) is 19.3 Å². The molecule has 0 aromatic heterocycles. The van der Waals surface area contributed by atoms with Crippen molar-refractivity contribution in [3.05, 3.63) is 59.7 Å². The minimum Gasteiger partial charge on any atom is -0.508 e. The highest BCUT2D eigenvalue weighted by Gasteiger charge is 2.09. The normalized spacial score (nSPS) is 10.3. The summed E-state index contributed by atoms with van der Waals surface area (Å²) in [6, 6.07) is 13.8. The Morgan fingerprint density at radius 1 is 0.895 bits per heavy atom. The standard InChI is InChI=1S/C16H16O3/c17-14(12-6-2-1-3-7-12)9-4-8-13-15(18)10-5-11-16(13)19/h1-3,5-7,10-11,18-19H,4,8-9H2.